The number of hydrogen-bond donors (Lipinski definition) is 3. The van der Waals surface area contributed by atoms with E-state index in [4.69, 9.17) is 5.73 Å². The van der Waals surface area contributed by atoms with Gasteiger partial charge >= 0.3 is 0 Å². The second-order valence-corrected chi connectivity index (χ2v) is 4.31. The number of hydrazine groups is 1. The first-order chi connectivity index (χ1) is 8.22. The van der Waals surface area contributed by atoms with Gasteiger partial charge in [-0.3, -0.25) is 15.3 Å². The fourth-order valence-corrected chi connectivity index (χ4v) is 2.03. The third-order valence-corrected chi connectivity index (χ3v) is 3.07. The number of nitrogens with zero attached hydrogens (tertiary/aromatic N) is 2. The zero-order valence-electron chi connectivity index (χ0n) is 10.1. The van der Waals surface area contributed by atoms with Crippen LogP contribution >= 0.6 is 0 Å². The Kier molecular flexibility index (Phi) is 3.63. The van der Waals surface area contributed by atoms with Crippen LogP contribution in [0.25, 0.3) is 0 Å². The fourth-order valence-electron chi connectivity index (χ4n) is 2.03. The minimum Gasteiger partial charge on any atom is -0.395 e. The van der Waals surface area contributed by atoms with Crippen LogP contribution in [0.5, 0.6) is 0 Å². The molecule has 1 aromatic heterocycles. The molecule has 0 spiro atoms. The number of piperidine rings is 1. The van der Waals surface area contributed by atoms with Gasteiger partial charge in [-0.1, -0.05) is 13.3 Å². The van der Waals surface area contributed by atoms with Crippen molar-refractivity contribution >= 4 is 11.6 Å². The maximum absolute atomic E-state index is 11.9. The van der Waals surface area contributed by atoms with Gasteiger partial charge in [0.1, 0.15) is 0 Å². The lowest BCUT2D eigenvalue weighted by Gasteiger charge is -2.26. The van der Waals surface area contributed by atoms with E-state index >= 15 is 0 Å². The molecule has 0 radical (unpaired) electrons. The predicted molar refractivity (Wildman–Crippen MR) is 65.3 cm³/mol. The molecule has 6 heteroatoms. The Morgan fingerprint density at radius 3 is 2.76 bits per heavy atom. The number of carbonyl (C=O) groups is 1. The van der Waals surface area contributed by atoms with Gasteiger partial charge in [0.2, 0.25) is 0 Å². The SMILES string of the molecule is CCc1[nH]nc(C(=O)NN2CCCCC2)c1N. The number of nitrogen functional groups attached to an aromatic ring is 1. The number of nitrogens with one attached hydrogen (secondary N) is 2. The Hall–Kier alpha value is -1.56. The molecule has 94 valence electrons. The number of nitrogens with two attached hydrogens (primary N) is 1. The summed E-state index contributed by atoms with van der Waals surface area (Å²) in [6, 6.07) is 0. The average molecular weight is 237 g/mol. The quantitative estimate of drug-likeness (QED) is 0.721. The van der Waals surface area contributed by atoms with E-state index < -0.39 is 0 Å². The van der Waals surface area contributed by atoms with Gasteiger partial charge in [-0.25, -0.2) is 5.01 Å². The summed E-state index contributed by atoms with van der Waals surface area (Å²) in [6.07, 6.45) is 4.22. The third-order valence-electron chi connectivity index (χ3n) is 3.07. The van der Waals surface area contributed by atoms with E-state index in [9.17, 15) is 4.79 Å². The first kappa shape index (κ1) is 11.9. The summed E-state index contributed by atoms with van der Waals surface area (Å²) < 4.78 is 0. The molecule has 1 aromatic rings. The molecule has 0 aromatic carbocycles. The molecule has 0 atom stereocenters. The molecule has 1 aliphatic heterocycles. The van der Waals surface area contributed by atoms with Crippen LogP contribution in [-0.2, 0) is 6.42 Å². The number of hydrogen-bond acceptors (Lipinski definition) is 4. The summed E-state index contributed by atoms with van der Waals surface area (Å²) in [6.45, 7) is 3.77. The van der Waals surface area contributed by atoms with Gasteiger partial charge in [-0.2, -0.15) is 5.10 Å². The van der Waals surface area contributed by atoms with Crippen molar-refractivity contribution in [3.63, 3.8) is 0 Å². The van der Waals surface area contributed by atoms with E-state index in [1.807, 2.05) is 11.9 Å². The first-order valence-corrected chi connectivity index (χ1v) is 6.11. The summed E-state index contributed by atoms with van der Waals surface area (Å²) in [5, 5.41) is 8.69. The number of aryl methyl sites for hydroxylation is 1. The molecular formula is C11H19N5O. The van der Waals surface area contributed by atoms with Gasteiger partial charge in [0.25, 0.3) is 5.91 Å². The Balaban J connectivity index is 2.01. The van der Waals surface area contributed by atoms with Crippen molar-refractivity contribution in [3.8, 4) is 0 Å². The highest BCUT2D eigenvalue weighted by molar-refractivity contribution is 5.97. The van der Waals surface area contributed by atoms with Gasteiger partial charge in [0.05, 0.1) is 11.4 Å². The Morgan fingerprint density at radius 2 is 2.18 bits per heavy atom. The first-order valence-electron chi connectivity index (χ1n) is 6.11. The minimum absolute atomic E-state index is 0.222. The number of anilines is 1. The molecule has 0 saturated carbocycles. The smallest absolute Gasteiger partial charge is 0.288 e. The van der Waals surface area contributed by atoms with E-state index in [0.29, 0.717) is 11.4 Å². The number of H-pyrrole nitrogens is 1. The molecule has 0 unspecified atom stereocenters. The van der Waals surface area contributed by atoms with Crippen LogP contribution in [0.2, 0.25) is 0 Å². The molecule has 2 rings (SSSR count). The molecule has 1 amide bonds. The van der Waals surface area contributed by atoms with Crippen LogP contribution in [0, 0.1) is 0 Å². The van der Waals surface area contributed by atoms with Gasteiger partial charge < -0.3 is 5.73 Å². The molecule has 1 aliphatic rings. The maximum Gasteiger partial charge on any atom is 0.288 e. The van der Waals surface area contributed by atoms with Crippen LogP contribution in [-0.4, -0.2) is 34.2 Å². The molecule has 0 bridgehead atoms. The number of carbonyl (C=O) groups excluding carboxylic acids is 1. The zero-order valence-corrected chi connectivity index (χ0v) is 10.1. The predicted octanol–water partition coefficient (Wildman–Crippen LogP) is 0.685. The van der Waals surface area contributed by atoms with Gasteiger partial charge in [-0.05, 0) is 19.3 Å². The topological polar surface area (TPSA) is 87.0 Å². The van der Waals surface area contributed by atoms with E-state index in [2.05, 4.69) is 15.6 Å². The van der Waals surface area contributed by atoms with Crippen LogP contribution < -0.4 is 11.2 Å². The van der Waals surface area contributed by atoms with E-state index in [1.54, 1.807) is 0 Å². The van der Waals surface area contributed by atoms with Crippen molar-refractivity contribution in [1.29, 1.82) is 0 Å². The van der Waals surface area contributed by atoms with Crippen LogP contribution in [0.4, 0.5) is 5.69 Å². The largest absolute Gasteiger partial charge is 0.395 e. The summed E-state index contributed by atoms with van der Waals surface area (Å²) >= 11 is 0. The summed E-state index contributed by atoms with van der Waals surface area (Å²) in [7, 11) is 0. The highest BCUT2D eigenvalue weighted by atomic mass is 16.2. The second-order valence-electron chi connectivity index (χ2n) is 4.31. The van der Waals surface area contributed by atoms with E-state index in [0.717, 1.165) is 38.0 Å². The molecular weight excluding hydrogens is 218 g/mol. The standard InChI is InChI=1S/C11H19N5O/c1-2-8-9(12)10(14-13-8)11(17)15-16-6-4-3-5-7-16/h2-7,12H2,1H3,(H,13,14)(H,15,17). The average Bonchev–Trinajstić information content (AvgIpc) is 2.71. The van der Waals surface area contributed by atoms with Gasteiger partial charge in [0.15, 0.2) is 5.69 Å². The van der Waals surface area contributed by atoms with Crippen molar-refractivity contribution in [2.24, 2.45) is 0 Å². The minimum atomic E-state index is -0.222. The van der Waals surface area contributed by atoms with Gasteiger partial charge in [0, 0.05) is 13.1 Å². The van der Waals surface area contributed by atoms with Crippen LogP contribution in [0.15, 0.2) is 0 Å². The highest BCUT2D eigenvalue weighted by Crippen LogP contribution is 2.14. The monoisotopic (exact) mass is 237 g/mol. The molecule has 4 N–H and O–H groups in total. The third kappa shape index (κ3) is 2.58. The molecule has 0 aliphatic carbocycles. The molecule has 2 heterocycles. The number of aromatic amines is 1. The Morgan fingerprint density at radius 1 is 1.47 bits per heavy atom. The fraction of sp³-hybridized carbons (Fsp3) is 0.636. The normalized spacial score (nSPS) is 17.0. The van der Waals surface area contributed by atoms with Crippen LogP contribution in [0.3, 0.4) is 0 Å². The van der Waals surface area contributed by atoms with Crippen molar-refractivity contribution in [2.45, 2.75) is 32.6 Å². The number of amides is 1. The Labute approximate surface area is 101 Å². The van der Waals surface area contributed by atoms with Crippen molar-refractivity contribution in [1.82, 2.24) is 20.6 Å². The van der Waals surface area contributed by atoms with Crippen molar-refractivity contribution in [3.05, 3.63) is 11.4 Å². The highest BCUT2D eigenvalue weighted by Gasteiger charge is 2.19. The van der Waals surface area contributed by atoms with Crippen molar-refractivity contribution in [2.75, 3.05) is 18.8 Å². The molecule has 1 fully saturated rings. The lowest BCUT2D eigenvalue weighted by Crippen LogP contribution is -2.45. The van der Waals surface area contributed by atoms with E-state index in [-0.39, 0.29) is 5.91 Å². The molecule has 6 nitrogen and oxygen atoms in total. The summed E-state index contributed by atoms with van der Waals surface area (Å²) in [5.74, 6) is -0.222. The maximum atomic E-state index is 11.9. The van der Waals surface area contributed by atoms with E-state index in [1.165, 1.54) is 6.42 Å². The molecule has 1 saturated heterocycles. The second kappa shape index (κ2) is 5.18. The molecule has 17 heavy (non-hydrogen) atoms. The number of rotatable bonds is 3. The van der Waals surface area contributed by atoms with Crippen LogP contribution in [0.1, 0.15) is 42.4 Å². The van der Waals surface area contributed by atoms with Gasteiger partial charge in [-0.15, -0.1) is 0 Å². The summed E-state index contributed by atoms with van der Waals surface area (Å²) in [4.78, 5) is 11.9. The summed E-state index contributed by atoms with van der Waals surface area (Å²) in [5.41, 5.74) is 10.3. The number of aromatic nitrogens is 2. The lowest BCUT2D eigenvalue weighted by molar-refractivity contribution is 0.0745. The van der Waals surface area contributed by atoms with Crippen molar-refractivity contribution < 1.29 is 4.79 Å². The lowest BCUT2D eigenvalue weighted by atomic mass is 10.2. The Bertz CT molecular complexity index is 395. The zero-order chi connectivity index (χ0) is 12.3.